The van der Waals surface area contributed by atoms with Gasteiger partial charge in [-0.2, -0.15) is 13.2 Å². The van der Waals surface area contributed by atoms with Crippen molar-refractivity contribution in [3.05, 3.63) is 0 Å². The molecule has 1 saturated carbocycles. The van der Waals surface area contributed by atoms with Gasteiger partial charge in [-0.3, -0.25) is 4.79 Å². The number of halogens is 4. The summed E-state index contributed by atoms with van der Waals surface area (Å²) in [4.78, 5) is 13.7. The van der Waals surface area contributed by atoms with Gasteiger partial charge >= 0.3 is 6.18 Å². The second-order valence-corrected chi connectivity index (χ2v) is 5.93. The molecule has 118 valence electrons. The number of hydrogen-bond donors (Lipinski definition) is 0. The number of hydrogen-bond acceptors (Lipinski definition) is 1. The Kier molecular flexibility index (Phi) is 7.13. The zero-order valence-electron chi connectivity index (χ0n) is 11.9. The van der Waals surface area contributed by atoms with E-state index in [1.807, 2.05) is 0 Å². The lowest BCUT2D eigenvalue weighted by Gasteiger charge is -2.34. The lowest BCUT2D eigenvalue weighted by molar-refractivity contribution is -0.200. The average molecular weight is 314 g/mol. The molecule has 0 saturated heterocycles. The molecule has 0 aromatic heterocycles. The van der Waals surface area contributed by atoms with Crippen molar-refractivity contribution >= 4 is 17.5 Å². The van der Waals surface area contributed by atoms with Gasteiger partial charge in [-0.1, -0.05) is 19.3 Å². The Hall–Kier alpha value is -0.450. The van der Waals surface area contributed by atoms with Crippen LogP contribution in [0.15, 0.2) is 0 Å². The average Bonchev–Trinajstić information content (AvgIpc) is 2.41. The van der Waals surface area contributed by atoms with Crippen molar-refractivity contribution in [1.82, 2.24) is 4.90 Å². The number of nitrogens with zero attached hydrogens (tertiary/aromatic N) is 1. The van der Waals surface area contributed by atoms with Gasteiger partial charge in [0.1, 0.15) is 0 Å². The van der Waals surface area contributed by atoms with Gasteiger partial charge in [0.2, 0.25) is 5.91 Å². The molecule has 0 aromatic carbocycles. The Balaban J connectivity index is 2.54. The van der Waals surface area contributed by atoms with E-state index in [1.54, 1.807) is 7.05 Å². The van der Waals surface area contributed by atoms with Crippen LogP contribution in [-0.2, 0) is 4.79 Å². The van der Waals surface area contributed by atoms with Crippen LogP contribution in [-0.4, -0.2) is 36.5 Å². The van der Waals surface area contributed by atoms with Crippen LogP contribution in [0.3, 0.4) is 0 Å². The summed E-state index contributed by atoms with van der Waals surface area (Å²) >= 11 is 5.56. The Labute approximate surface area is 123 Å². The number of unbranched alkanes of at least 4 members (excludes halogenated alkanes) is 2. The standard InChI is InChI=1S/C14H23ClF3NO/c1-19(10-6-2-5-9-15)13(20)11-7-3-4-8-12(11)14(16,17)18/h11-12H,2-10H2,1H3. The second-order valence-electron chi connectivity index (χ2n) is 5.55. The molecule has 6 heteroatoms. The van der Waals surface area contributed by atoms with E-state index in [4.69, 9.17) is 11.6 Å². The third-order valence-corrected chi connectivity index (χ3v) is 4.27. The maximum atomic E-state index is 13.0. The number of carbonyl (C=O) groups excluding carboxylic acids is 1. The number of carbonyl (C=O) groups is 1. The highest BCUT2D eigenvalue weighted by Crippen LogP contribution is 2.42. The van der Waals surface area contributed by atoms with Crippen LogP contribution in [0.2, 0.25) is 0 Å². The summed E-state index contributed by atoms with van der Waals surface area (Å²) < 4.78 is 38.9. The first-order chi connectivity index (χ1) is 9.38. The molecule has 0 aromatic rings. The highest BCUT2D eigenvalue weighted by Gasteiger charge is 2.48. The molecule has 2 atom stereocenters. The summed E-state index contributed by atoms with van der Waals surface area (Å²) in [6, 6.07) is 0. The lowest BCUT2D eigenvalue weighted by atomic mass is 9.78. The number of alkyl halides is 4. The predicted molar refractivity (Wildman–Crippen MR) is 73.7 cm³/mol. The topological polar surface area (TPSA) is 20.3 Å². The molecule has 2 unspecified atom stereocenters. The fourth-order valence-electron chi connectivity index (χ4n) is 2.83. The van der Waals surface area contributed by atoms with E-state index in [2.05, 4.69) is 0 Å². The molecule has 1 amide bonds. The van der Waals surface area contributed by atoms with Crippen LogP contribution in [0.1, 0.15) is 44.9 Å². The molecule has 0 N–H and O–H groups in total. The number of amides is 1. The fourth-order valence-corrected chi connectivity index (χ4v) is 3.02. The minimum atomic E-state index is -4.26. The van der Waals surface area contributed by atoms with E-state index in [0.717, 1.165) is 19.3 Å². The SMILES string of the molecule is CN(CCCCCCl)C(=O)C1CCCCC1C(F)(F)F. The summed E-state index contributed by atoms with van der Waals surface area (Å²) in [6.45, 7) is 0.511. The first-order valence-electron chi connectivity index (χ1n) is 7.25. The third kappa shape index (κ3) is 5.15. The van der Waals surface area contributed by atoms with E-state index in [0.29, 0.717) is 31.7 Å². The van der Waals surface area contributed by atoms with E-state index >= 15 is 0 Å². The van der Waals surface area contributed by atoms with Crippen LogP contribution in [0.25, 0.3) is 0 Å². The minimum absolute atomic E-state index is 0.0833. The smallest absolute Gasteiger partial charge is 0.346 e. The molecule has 0 aliphatic heterocycles. The van der Waals surface area contributed by atoms with Gasteiger partial charge in [0.15, 0.2) is 0 Å². The van der Waals surface area contributed by atoms with Crippen LogP contribution >= 0.6 is 11.6 Å². The minimum Gasteiger partial charge on any atom is -0.346 e. The molecule has 1 aliphatic carbocycles. The Morgan fingerprint density at radius 2 is 1.85 bits per heavy atom. The van der Waals surface area contributed by atoms with Crippen LogP contribution < -0.4 is 0 Å². The highest BCUT2D eigenvalue weighted by atomic mass is 35.5. The highest BCUT2D eigenvalue weighted by molar-refractivity contribution is 6.17. The van der Waals surface area contributed by atoms with Crippen molar-refractivity contribution in [2.45, 2.75) is 51.1 Å². The quantitative estimate of drug-likeness (QED) is 0.531. The largest absolute Gasteiger partial charge is 0.392 e. The molecule has 1 fully saturated rings. The molecule has 0 heterocycles. The molecule has 0 spiro atoms. The first-order valence-corrected chi connectivity index (χ1v) is 7.79. The Morgan fingerprint density at radius 1 is 1.20 bits per heavy atom. The zero-order valence-corrected chi connectivity index (χ0v) is 12.6. The first kappa shape index (κ1) is 17.6. The van der Waals surface area contributed by atoms with Gasteiger partial charge in [-0.05, 0) is 25.7 Å². The lowest BCUT2D eigenvalue weighted by Crippen LogP contribution is -2.43. The molecular formula is C14H23ClF3NO. The van der Waals surface area contributed by atoms with Crippen molar-refractivity contribution in [1.29, 1.82) is 0 Å². The van der Waals surface area contributed by atoms with Crippen LogP contribution in [0.4, 0.5) is 13.2 Å². The Bertz CT molecular complexity index is 309. The molecule has 0 bridgehead atoms. The fraction of sp³-hybridized carbons (Fsp3) is 0.929. The molecule has 0 radical (unpaired) electrons. The van der Waals surface area contributed by atoms with Gasteiger partial charge in [0.25, 0.3) is 0 Å². The molecule has 20 heavy (non-hydrogen) atoms. The van der Waals surface area contributed by atoms with Crippen molar-refractivity contribution in [3.8, 4) is 0 Å². The summed E-state index contributed by atoms with van der Waals surface area (Å²) in [5.41, 5.74) is 0. The van der Waals surface area contributed by atoms with Gasteiger partial charge in [-0.15, -0.1) is 11.6 Å². The van der Waals surface area contributed by atoms with Crippen molar-refractivity contribution < 1.29 is 18.0 Å². The Morgan fingerprint density at radius 3 is 2.45 bits per heavy atom. The predicted octanol–water partition coefficient (Wildman–Crippen LogP) is 4.22. The summed E-state index contributed by atoms with van der Waals surface area (Å²) in [6.07, 6.45) is 0.0107. The van der Waals surface area contributed by atoms with E-state index in [9.17, 15) is 18.0 Å². The van der Waals surface area contributed by atoms with Crippen LogP contribution in [0, 0.1) is 11.8 Å². The monoisotopic (exact) mass is 313 g/mol. The molecule has 1 rings (SSSR count). The summed E-state index contributed by atoms with van der Waals surface area (Å²) in [7, 11) is 1.60. The van der Waals surface area contributed by atoms with E-state index in [1.165, 1.54) is 4.90 Å². The van der Waals surface area contributed by atoms with E-state index in [-0.39, 0.29) is 12.3 Å². The molecule has 1 aliphatic rings. The normalized spacial score (nSPS) is 23.6. The zero-order chi connectivity index (χ0) is 15.2. The van der Waals surface area contributed by atoms with E-state index < -0.39 is 18.0 Å². The van der Waals surface area contributed by atoms with Crippen LogP contribution in [0.5, 0.6) is 0 Å². The van der Waals surface area contributed by atoms with Gasteiger partial charge in [0, 0.05) is 25.4 Å². The second kappa shape index (κ2) is 8.11. The molecular weight excluding hydrogens is 291 g/mol. The number of rotatable bonds is 6. The summed E-state index contributed by atoms with van der Waals surface area (Å²) in [5.74, 6) is -2.12. The summed E-state index contributed by atoms with van der Waals surface area (Å²) in [5, 5.41) is 0. The maximum Gasteiger partial charge on any atom is 0.392 e. The van der Waals surface area contributed by atoms with Gasteiger partial charge in [0.05, 0.1) is 5.92 Å². The van der Waals surface area contributed by atoms with Crippen molar-refractivity contribution in [2.24, 2.45) is 11.8 Å². The molecule has 2 nitrogen and oxygen atoms in total. The third-order valence-electron chi connectivity index (χ3n) is 4.01. The van der Waals surface area contributed by atoms with Crippen molar-refractivity contribution in [3.63, 3.8) is 0 Å². The maximum absolute atomic E-state index is 13.0. The van der Waals surface area contributed by atoms with Gasteiger partial charge in [-0.25, -0.2) is 0 Å². The van der Waals surface area contributed by atoms with Crippen molar-refractivity contribution in [2.75, 3.05) is 19.5 Å². The van der Waals surface area contributed by atoms with Gasteiger partial charge < -0.3 is 4.90 Å².